The molecule has 0 heterocycles. The summed E-state index contributed by atoms with van der Waals surface area (Å²) in [4.78, 5) is 12.8. The van der Waals surface area contributed by atoms with Crippen LogP contribution < -0.4 is 0 Å². The fourth-order valence-electron chi connectivity index (χ4n) is 2.87. The molecule has 0 saturated carbocycles. The third kappa shape index (κ3) is 1.81. The van der Waals surface area contributed by atoms with E-state index in [2.05, 4.69) is 24.3 Å². The zero-order chi connectivity index (χ0) is 13.6. The summed E-state index contributed by atoms with van der Waals surface area (Å²) >= 11 is 0. The van der Waals surface area contributed by atoms with Crippen LogP contribution in [0.3, 0.4) is 0 Å². The van der Waals surface area contributed by atoms with Crippen LogP contribution >= 0.6 is 0 Å². The Morgan fingerprint density at radius 3 is 1.68 bits per heavy atom. The van der Waals surface area contributed by atoms with Crippen LogP contribution in [0, 0.1) is 5.41 Å². The lowest BCUT2D eigenvalue weighted by atomic mass is 9.79. The normalized spacial score (nSPS) is 14.1. The molecule has 0 saturated heterocycles. The van der Waals surface area contributed by atoms with Gasteiger partial charge in [0.2, 0.25) is 0 Å². The quantitative estimate of drug-likeness (QED) is 0.732. The van der Waals surface area contributed by atoms with E-state index in [0.717, 1.165) is 11.1 Å². The first-order chi connectivity index (χ1) is 9.00. The molecule has 0 amide bonds. The maximum absolute atomic E-state index is 12.8. The van der Waals surface area contributed by atoms with Gasteiger partial charge in [0.25, 0.3) is 0 Å². The highest BCUT2D eigenvalue weighted by molar-refractivity contribution is 5.99. The Kier molecular flexibility index (Phi) is 2.60. The van der Waals surface area contributed by atoms with Crippen LogP contribution in [0.25, 0.3) is 11.1 Å². The van der Waals surface area contributed by atoms with Gasteiger partial charge in [0.15, 0.2) is 0 Å². The molecule has 0 fully saturated rings. The van der Waals surface area contributed by atoms with Crippen LogP contribution in [0.15, 0.2) is 48.5 Å². The summed E-state index contributed by atoms with van der Waals surface area (Å²) in [5, 5.41) is 0. The molecule has 0 radical (unpaired) electrons. The molecule has 0 aromatic heterocycles. The maximum atomic E-state index is 12.8. The van der Waals surface area contributed by atoms with Crippen molar-refractivity contribution in [3.05, 3.63) is 59.7 Å². The Morgan fingerprint density at radius 1 is 0.842 bits per heavy atom. The van der Waals surface area contributed by atoms with Crippen molar-refractivity contribution in [3.8, 4) is 11.1 Å². The van der Waals surface area contributed by atoms with Crippen LogP contribution in [-0.2, 0) is 4.79 Å². The third-order valence-electron chi connectivity index (χ3n) is 3.84. The second kappa shape index (κ2) is 4.06. The van der Waals surface area contributed by atoms with Gasteiger partial charge < -0.3 is 0 Å². The molecule has 0 spiro atoms. The van der Waals surface area contributed by atoms with Crippen molar-refractivity contribution in [2.24, 2.45) is 5.41 Å². The SMILES string of the molecule is CC(C)(C)C(=O)C1c2ccccc2-c2ccccc21. The zero-order valence-corrected chi connectivity index (χ0v) is 11.6. The summed E-state index contributed by atoms with van der Waals surface area (Å²) in [6, 6.07) is 16.5. The lowest BCUT2D eigenvalue weighted by molar-refractivity contribution is -0.126. The Bertz CT molecular complexity index is 601. The molecule has 96 valence electrons. The van der Waals surface area contributed by atoms with Gasteiger partial charge in [-0.25, -0.2) is 0 Å². The predicted octanol–water partition coefficient (Wildman–Crippen LogP) is 4.41. The molecule has 1 heteroatoms. The molecule has 0 unspecified atom stereocenters. The van der Waals surface area contributed by atoms with Crippen LogP contribution in [0.5, 0.6) is 0 Å². The van der Waals surface area contributed by atoms with Crippen molar-refractivity contribution < 1.29 is 4.79 Å². The van der Waals surface area contributed by atoms with Crippen LogP contribution in [0.4, 0.5) is 0 Å². The number of rotatable bonds is 1. The molecule has 0 aliphatic heterocycles. The van der Waals surface area contributed by atoms with Gasteiger partial charge in [0, 0.05) is 5.41 Å². The van der Waals surface area contributed by atoms with Crippen molar-refractivity contribution >= 4 is 5.78 Å². The number of fused-ring (bicyclic) bond motifs is 3. The summed E-state index contributed by atoms with van der Waals surface area (Å²) in [6.07, 6.45) is 0. The van der Waals surface area contributed by atoms with E-state index in [9.17, 15) is 4.79 Å². The van der Waals surface area contributed by atoms with Gasteiger partial charge in [-0.2, -0.15) is 0 Å². The fraction of sp³-hybridized carbons (Fsp3) is 0.278. The van der Waals surface area contributed by atoms with Crippen LogP contribution in [0.2, 0.25) is 0 Å². The van der Waals surface area contributed by atoms with E-state index < -0.39 is 0 Å². The summed E-state index contributed by atoms with van der Waals surface area (Å²) in [6.45, 7) is 6.00. The highest BCUT2D eigenvalue weighted by Gasteiger charge is 2.38. The second-order valence-electron chi connectivity index (χ2n) is 6.22. The standard InChI is InChI=1S/C18H18O/c1-18(2,3)17(19)16-14-10-6-4-8-12(14)13-9-5-7-11-15(13)16/h4-11,16H,1-3H3. The number of hydrogen-bond acceptors (Lipinski definition) is 1. The molecule has 1 aliphatic carbocycles. The third-order valence-corrected chi connectivity index (χ3v) is 3.84. The number of carbonyl (C=O) groups is 1. The first kappa shape index (κ1) is 12.2. The second-order valence-corrected chi connectivity index (χ2v) is 6.22. The average Bonchev–Trinajstić information content (AvgIpc) is 2.71. The summed E-state index contributed by atoms with van der Waals surface area (Å²) in [5.74, 6) is 0.192. The predicted molar refractivity (Wildman–Crippen MR) is 78.2 cm³/mol. The molecule has 0 N–H and O–H groups in total. The zero-order valence-electron chi connectivity index (χ0n) is 11.6. The molecule has 2 aromatic carbocycles. The van der Waals surface area contributed by atoms with E-state index in [4.69, 9.17) is 0 Å². The van der Waals surface area contributed by atoms with E-state index in [0.29, 0.717) is 5.78 Å². The first-order valence-electron chi connectivity index (χ1n) is 6.72. The lowest BCUT2D eigenvalue weighted by Gasteiger charge is -2.23. The van der Waals surface area contributed by atoms with E-state index in [1.807, 2.05) is 45.0 Å². The Labute approximate surface area is 114 Å². The van der Waals surface area contributed by atoms with Gasteiger partial charge in [0.1, 0.15) is 5.78 Å². The molecule has 2 aromatic rings. The van der Waals surface area contributed by atoms with Gasteiger partial charge in [0.05, 0.1) is 5.92 Å². The maximum Gasteiger partial charge on any atom is 0.150 e. The number of Topliss-reactive ketones (excluding diaryl/α,β-unsaturated/α-hetero) is 1. The van der Waals surface area contributed by atoms with Gasteiger partial charge in [-0.15, -0.1) is 0 Å². The average molecular weight is 250 g/mol. The topological polar surface area (TPSA) is 17.1 Å². The van der Waals surface area contributed by atoms with Crippen LogP contribution in [0.1, 0.15) is 37.8 Å². The summed E-state index contributed by atoms with van der Waals surface area (Å²) in [7, 11) is 0. The van der Waals surface area contributed by atoms with Gasteiger partial charge >= 0.3 is 0 Å². The summed E-state index contributed by atoms with van der Waals surface area (Å²) in [5.41, 5.74) is 4.41. The van der Waals surface area contributed by atoms with Gasteiger partial charge in [-0.3, -0.25) is 4.79 Å². The summed E-state index contributed by atoms with van der Waals surface area (Å²) < 4.78 is 0. The highest BCUT2D eigenvalue weighted by atomic mass is 16.1. The van der Waals surface area contributed by atoms with Gasteiger partial charge in [-0.05, 0) is 22.3 Å². The van der Waals surface area contributed by atoms with Crippen LogP contribution in [-0.4, -0.2) is 5.78 Å². The molecule has 0 bridgehead atoms. The smallest absolute Gasteiger partial charge is 0.150 e. The molecule has 19 heavy (non-hydrogen) atoms. The minimum absolute atomic E-state index is 0.104. The largest absolute Gasteiger partial charge is 0.298 e. The number of benzene rings is 2. The van der Waals surface area contributed by atoms with E-state index >= 15 is 0 Å². The van der Waals surface area contributed by atoms with Crippen molar-refractivity contribution in [1.82, 2.24) is 0 Å². The minimum Gasteiger partial charge on any atom is -0.298 e. The Hall–Kier alpha value is -1.89. The van der Waals surface area contributed by atoms with Crippen molar-refractivity contribution in [2.75, 3.05) is 0 Å². The van der Waals surface area contributed by atoms with Crippen molar-refractivity contribution in [1.29, 1.82) is 0 Å². The Morgan fingerprint density at radius 2 is 1.26 bits per heavy atom. The first-order valence-corrected chi connectivity index (χ1v) is 6.72. The molecular weight excluding hydrogens is 232 g/mol. The molecule has 3 rings (SSSR count). The Balaban J connectivity index is 2.24. The number of carbonyl (C=O) groups excluding carboxylic acids is 1. The molecule has 1 nitrogen and oxygen atoms in total. The van der Waals surface area contributed by atoms with Crippen molar-refractivity contribution in [2.45, 2.75) is 26.7 Å². The van der Waals surface area contributed by atoms with E-state index in [1.54, 1.807) is 0 Å². The molecular formula is C18H18O. The van der Waals surface area contributed by atoms with Crippen molar-refractivity contribution in [3.63, 3.8) is 0 Å². The fourth-order valence-corrected chi connectivity index (χ4v) is 2.87. The number of hydrogen-bond donors (Lipinski definition) is 0. The van der Waals surface area contributed by atoms with Gasteiger partial charge in [-0.1, -0.05) is 69.3 Å². The molecule has 1 aliphatic rings. The lowest BCUT2D eigenvalue weighted by Crippen LogP contribution is -2.26. The van der Waals surface area contributed by atoms with E-state index in [1.165, 1.54) is 11.1 Å². The number of ketones is 1. The monoisotopic (exact) mass is 250 g/mol. The highest BCUT2D eigenvalue weighted by Crippen LogP contribution is 2.47. The molecule has 0 atom stereocenters. The van der Waals surface area contributed by atoms with E-state index in [-0.39, 0.29) is 11.3 Å². The minimum atomic E-state index is -0.324.